The van der Waals surface area contributed by atoms with Gasteiger partial charge >= 0.3 is 5.97 Å². The van der Waals surface area contributed by atoms with Crippen molar-refractivity contribution in [3.05, 3.63) is 29.1 Å². The third kappa shape index (κ3) is 3.24. The molecule has 0 aliphatic carbocycles. The maximum absolute atomic E-state index is 14.3. The number of aliphatic carboxylic acids is 1. The molecule has 0 bridgehead atoms. The molecule has 5 heteroatoms. The third-order valence-corrected chi connectivity index (χ3v) is 4.31. The molecule has 2 atom stereocenters. The second-order valence-corrected chi connectivity index (χ2v) is 6.41. The first-order chi connectivity index (χ1) is 10.3. The molecule has 1 aromatic carbocycles. The maximum atomic E-state index is 14.3. The molecule has 1 heterocycles. The lowest BCUT2D eigenvalue weighted by molar-refractivity contribution is -0.143. The van der Waals surface area contributed by atoms with Gasteiger partial charge in [-0.05, 0) is 42.5 Å². The summed E-state index contributed by atoms with van der Waals surface area (Å²) in [5.41, 5.74) is 1.19. The van der Waals surface area contributed by atoms with E-state index in [0.29, 0.717) is 24.6 Å². The summed E-state index contributed by atoms with van der Waals surface area (Å²) in [6.07, 6.45) is 0.957. The number of carboxylic acid groups (broad SMARTS) is 1. The summed E-state index contributed by atoms with van der Waals surface area (Å²) in [6.45, 7) is 7.42. The van der Waals surface area contributed by atoms with E-state index in [0.717, 1.165) is 12.0 Å². The van der Waals surface area contributed by atoms with Crippen molar-refractivity contribution in [2.45, 2.75) is 39.2 Å². The van der Waals surface area contributed by atoms with Crippen LogP contribution in [-0.2, 0) is 4.79 Å². The van der Waals surface area contributed by atoms with Gasteiger partial charge in [0.15, 0.2) is 11.6 Å². The highest BCUT2D eigenvalue weighted by molar-refractivity contribution is 5.77. The molecule has 1 fully saturated rings. The molecule has 22 heavy (non-hydrogen) atoms. The lowest BCUT2D eigenvalue weighted by atomic mass is 9.95. The van der Waals surface area contributed by atoms with E-state index in [1.807, 2.05) is 18.7 Å². The first kappa shape index (κ1) is 16.7. The van der Waals surface area contributed by atoms with Gasteiger partial charge in [0.05, 0.1) is 7.11 Å². The fourth-order valence-electron chi connectivity index (χ4n) is 3.08. The van der Waals surface area contributed by atoms with E-state index in [4.69, 9.17) is 4.74 Å². The average Bonchev–Trinajstić information content (AvgIpc) is 2.84. The van der Waals surface area contributed by atoms with Crippen LogP contribution in [-0.4, -0.2) is 36.2 Å². The Morgan fingerprint density at radius 1 is 1.45 bits per heavy atom. The van der Waals surface area contributed by atoms with Crippen LogP contribution in [0.25, 0.3) is 0 Å². The van der Waals surface area contributed by atoms with Crippen molar-refractivity contribution >= 4 is 5.97 Å². The minimum absolute atomic E-state index is 0.0383. The predicted octanol–water partition coefficient (Wildman–Crippen LogP) is 3.43. The topological polar surface area (TPSA) is 49.8 Å². The van der Waals surface area contributed by atoms with Crippen molar-refractivity contribution in [3.8, 4) is 5.75 Å². The molecule has 0 saturated carbocycles. The lowest BCUT2D eigenvalue weighted by Gasteiger charge is -2.27. The number of rotatable bonds is 5. The molecule has 0 aromatic heterocycles. The highest BCUT2D eigenvalue weighted by atomic mass is 19.1. The molecule has 1 aliphatic rings. The second-order valence-electron chi connectivity index (χ2n) is 6.41. The van der Waals surface area contributed by atoms with Crippen LogP contribution in [0.1, 0.15) is 50.3 Å². The van der Waals surface area contributed by atoms with Gasteiger partial charge in [0.2, 0.25) is 0 Å². The number of likely N-dealkylation sites (tertiary alicyclic amines) is 1. The van der Waals surface area contributed by atoms with E-state index in [9.17, 15) is 14.3 Å². The molecule has 122 valence electrons. The van der Waals surface area contributed by atoms with Crippen molar-refractivity contribution < 1.29 is 19.0 Å². The van der Waals surface area contributed by atoms with E-state index in [1.165, 1.54) is 13.2 Å². The molecule has 0 spiro atoms. The van der Waals surface area contributed by atoms with Gasteiger partial charge < -0.3 is 9.84 Å². The number of halogens is 1. The number of hydrogen-bond acceptors (Lipinski definition) is 3. The molecule has 0 amide bonds. The molecule has 2 unspecified atom stereocenters. The zero-order valence-corrected chi connectivity index (χ0v) is 13.6. The van der Waals surface area contributed by atoms with Gasteiger partial charge in [0.25, 0.3) is 0 Å². The summed E-state index contributed by atoms with van der Waals surface area (Å²) in [5, 5.41) is 9.69. The van der Waals surface area contributed by atoms with Gasteiger partial charge in [-0.2, -0.15) is 0 Å². The SMILES string of the molecule is COc1c(F)cc(C(C)C)cc1C(C(=O)O)N1CCC(C)C1. The molecule has 1 saturated heterocycles. The zero-order valence-electron chi connectivity index (χ0n) is 13.6. The lowest BCUT2D eigenvalue weighted by Crippen LogP contribution is -2.33. The second kappa shape index (κ2) is 6.65. The highest BCUT2D eigenvalue weighted by Gasteiger charge is 2.35. The van der Waals surface area contributed by atoms with Crippen LogP contribution in [0.5, 0.6) is 5.75 Å². The van der Waals surface area contributed by atoms with E-state index in [1.54, 1.807) is 6.07 Å². The molecule has 1 N–H and O–H groups in total. The Morgan fingerprint density at radius 2 is 2.14 bits per heavy atom. The van der Waals surface area contributed by atoms with Gasteiger partial charge in [-0.1, -0.05) is 20.8 Å². The number of hydrogen-bond donors (Lipinski definition) is 1. The summed E-state index contributed by atoms with van der Waals surface area (Å²) in [5.74, 6) is -0.858. The average molecular weight is 309 g/mol. The molecular weight excluding hydrogens is 285 g/mol. The minimum atomic E-state index is -0.965. The number of benzene rings is 1. The van der Waals surface area contributed by atoms with Crippen molar-refractivity contribution in [2.75, 3.05) is 20.2 Å². The zero-order chi connectivity index (χ0) is 16.4. The molecule has 1 aliphatic heterocycles. The van der Waals surface area contributed by atoms with Gasteiger partial charge in [0.1, 0.15) is 6.04 Å². The number of methoxy groups -OCH3 is 1. The molecule has 4 nitrogen and oxygen atoms in total. The summed E-state index contributed by atoms with van der Waals surface area (Å²) in [7, 11) is 1.38. The quantitative estimate of drug-likeness (QED) is 0.905. The number of carboxylic acids is 1. The van der Waals surface area contributed by atoms with Crippen LogP contribution in [0.15, 0.2) is 12.1 Å². The number of ether oxygens (including phenoxy) is 1. The van der Waals surface area contributed by atoms with Crippen molar-refractivity contribution in [2.24, 2.45) is 5.92 Å². The Balaban J connectivity index is 2.52. The van der Waals surface area contributed by atoms with Crippen LogP contribution in [0.3, 0.4) is 0 Å². The van der Waals surface area contributed by atoms with Gasteiger partial charge in [0, 0.05) is 12.1 Å². The minimum Gasteiger partial charge on any atom is -0.493 e. The van der Waals surface area contributed by atoms with Gasteiger partial charge in [-0.15, -0.1) is 0 Å². The highest BCUT2D eigenvalue weighted by Crippen LogP contribution is 2.37. The molecule has 0 radical (unpaired) electrons. The number of nitrogens with zero attached hydrogens (tertiary/aromatic N) is 1. The van der Waals surface area contributed by atoms with Crippen molar-refractivity contribution in [1.29, 1.82) is 0 Å². The first-order valence-corrected chi connectivity index (χ1v) is 7.69. The molecule has 2 rings (SSSR count). The first-order valence-electron chi connectivity index (χ1n) is 7.69. The Kier molecular flexibility index (Phi) is 5.06. The Hall–Kier alpha value is -1.62. The Morgan fingerprint density at radius 3 is 2.59 bits per heavy atom. The smallest absolute Gasteiger partial charge is 0.325 e. The summed E-state index contributed by atoms with van der Waals surface area (Å²) in [6, 6.07) is 2.33. The largest absolute Gasteiger partial charge is 0.493 e. The van der Waals surface area contributed by atoms with E-state index in [2.05, 4.69) is 6.92 Å². The maximum Gasteiger partial charge on any atom is 0.325 e. The van der Waals surface area contributed by atoms with Gasteiger partial charge in [-0.25, -0.2) is 4.39 Å². The molecule has 1 aromatic rings. The summed E-state index contributed by atoms with van der Waals surface area (Å²) >= 11 is 0. The van der Waals surface area contributed by atoms with E-state index >= 15 is 0 Å². The van der Waals surface area contributed by atoms with Crippen molar-refractivity contribution in [1.82, 2.24) is 4.90 Å². The fourth-order valence-corrected chi connectivity index (χ4v) is 3.08. The normalized spacial score (nSPS) is 20.4. The van der Waals surface area contributed by atoms with E-state index < -0.39 is 17.8 Å². The monoisotopic (exact) mass is 309 g/mol. The summed E-state index contributed by atoms with van der Waals surface area (Å²) in [4.78, 5) is 13.7. The van der Waals surface area contributed by atoms with E-state index in [-0.39, 0.29) is 11.7 Å². The Bertz CT molecular complexity index is 559. The van der Waals surface area contributed by atoms with Crippen LogP contribution in [0.2, 0.25) is 0 Å². The van der Waals surface area contributed by atoms with Gasteiger partial charge in [-0.3, -0.25) is 9.69 Å². The third-order valence-electron chi connectivity index (χ3n) is 4.31. The standard InChI is InChI=1S/C17H24FNO3/c1-10(2)12-7-13(16(22-4)14(18)8-12)15(17(20)21)19-6-5-11(3)9-19/h7-8,10-11,15H,5-6,9H2,1-4H3,(H,20,21). The van der Waals surface area contributed by atoms with Crippen LogP contribution < -0.4 is 4.74 Å². The summed E-state index contributed by atoms with van der Waals surface area (Å²) < 4.78 is 19.5. The van der Waals surface area contributed by atoms with Crippen LogP contribution >= 0.6 is 0 Å². The number of carbonyl (C=O) groups is 1. The fraction of sp³-hybridized carbons (Fsp3) is 0.588. The Labute approximate surface area is 130 Å². The molecular formula is C17H24FNO3. The van der Waals surface area contributed by atoms with Crippen molar-refractivity contribution in [3.63, 3.8) is 0 Å². The van der Waals surface area contributed by atoms with Crippen LogP contribution in [0.4, 0.5) is 4.39 Å². The van der Waals surface area contributed by atoms with Crippen LogP contribution in [0, 0.1) is 11.7 Å². The predicted molar refractivity (Wildman–Crippen MR) is 82.8 cm³/mol.